The molecule has 1 heterocycles. The monoisotopic (exact) mass is 369 g/mol. The number of hydrogen-bond acceptors (Lipinski definition) is 5. The Balaban J connectivity index is 1.84. The van der Waals surface area contributed by atoms with Crippen LogP contribution in [0.3, 0.4) is 0 Å². The van der Waals surface area contributed by atoms with Crippen molar-refractivity contribution < 1.29 is 18.8 Å². The van der Waals surface area contributed by atoms with Crippen molar-refractivity contribution in [3.8, 4) is 0 Å². The van der Waals surface area contributed by atoms with Crippen LogP contribution in [0, 0.1) is 5.82 Å². The van der Waals surface area contributed by atoms with E-state index < -0.39 is 35.1 Å². The van der Waals surface area contributed by atoms with E-state index in [1.807, 2.05) is 0 Å². The van der Waals surface area contributed by atoms with Gasteiger partial charge in [-0.15, -0.1) is 0 Å². The van der Waals surface area contributed by atoms with Crippen LogP contribution in [-0.2, 0) is 15.1 Å². The topological polar surface area (TPSA) is 140 Å². The summed E-state index contributed by atoms with van der Waals surface area (Å²) in [5.41, 5.74) is 10.3. The van der Waals surface area contributed by atoms with Crippen LogP contribution in [0.2, 0.25) is 0 Å². The number of anilines is 1. The number of carbonyl (C=O) groups is 3. The number of nitrogens with one attached hydrogen (secondary N) is 2. The van der Waals surface area contributed by atoms with E-state index >= 15 is 0 Å². The minimum Gasteiger partial charge on any atom is -0.368 e. The lowest BCUT2D eigenvalue weighted by Gasteiger charge is -2.30. The third-order valence-electron chi connectivity index (χ3n) is 4.29. The van der Waals surface area contributed by atoms with E-state index in [0.717, 1.165) is 0 Å². The average Bonchev–Trinajstić information content (AvgIpc) is 3.09. The number of amides is 3. The van der Waals surface area contributed by atoms with Crippen molar-refractivity contribution in [1.82, 2.24) is 5.32 Å². The van der Waals surface area contributed by atoms with Crippen LogP contribution in [0.1, 0.15) is 15.9 Å². The quantitative estimate of drug-likeness (QED) is 0.599. The molecule has 3 rings (SSSR count). The summed E-state index contributed by atoms with van der Waals surface area (Å²) in [4.78, 5) is 39.8. The molecule has 8 nitrogen and oxygen atoms in total. The second kappa shape index (κ2) is 6.87. The lowest BCUT2D eigenvalue weighted by molar-refractivity contribution is -0.130. The normalized spacial score (nSPS) is 20.7. The predicted molar refractivity (Wildman–Crippen MR) is 96.3 cm³/mol. The van der Waals surface area contributed by atoms with Crippen molar-refractivity contribution in [2.24, 2.45) is 16.5 Å². The number of primary amides is 2. The van der Waals surface area contributed by atoms with Crippen LogP contribution in [-0.4, -0.2) is 30.1 Å². The Bertz CT molecular complexity index is 927. The Morgan fingerprint density at radius 1 is 1.04 bits per heavy atom. The average molecular weight is 369 g/mol. The molecule has 0 saturated carbocycles. The van der Waals surface area contributed by atoms with E-state index in [2.05, 4.69) is 15.6 Å². The number of hydrogen-bond donors (Lipinski definition) is 4. The van der Waals surface area contributed by atoms with Gasteiger partial charge in [0.25, 0.3) is 11.8 Å². The van der Waals surface area contributed by atoms with Gasteiger partial charge >= 0.3 is 0 Å². The van der Waals surface area contributed by atoms with Crippen molar-refractivity contribution in [1.29, 1.82) is 0 Å². The van der Waals surface area contributed by atoms with Gasteiger partial charge in [0.05, 0.1) is 6.34 Å². The van der Waals surface area contributed by atoms with Crippen molar-refractivity contribution in [3.05, 3.63) is 65.5 Å². The first-order valence-corrected chi connectivity index (χ1v) is 7.90. The first-order valence-electron chi connectivity index (χ1n) is 7.90. The van der Waals surface area contributed by atoms with Gasteiger partial charge in [0, 0.05) is 11.3 Å². The van der Waals surface area contributed by atoms with E-state index in [-0.39, 0.29) is 5.56 Å². The number of rotatable bonds is 5. The molecule has 3 amide bonds. The summed E-state index contributed by atoms with van der Waals surface area (Å²) in [6.45, 7) is 0. The molecule has 138 valence electrons. The van der Waals surface area contributed by atoms with Crippen LogP contribution in [0.25, 0.3) is 0 Å². The zero-order valence-electron chi connectivity index (χ0n) is 14.0. The minimum atomic E-state index is -1.59. The molecule has 0 bridgehead atoms. The Kier molecular flexibility index (Phi) is 4.59. The highest BCUT2D eigenvalue weighted by Crippen LogP contribution is 2.30. The molecule has 9 heteroatoms. The molecule has 0 aromatic heterocycles. The van der Waals surface area contributed by atoms with Gasteiger partial charge in [-0.05, 0) is 42.0 Å². The maximum atomic E-state index is 12.9. The van der Waals surface area contributed by atoms with E-state index in [9.17, 15) is 18.8 Å². The lowest BCUT2D eigenvalue weighted by Crippen LogP contribution is -2.59. The Labute approximate surface area is 153 Å². The van der Waals surface area contributed by atoms with Gasteiger partial charge < -0.3 is 22.1 Å². The molecule has 0 radical (unpaired) electrons. The molecule has 0 saturated heterocycles. The van der Waals surface area contributed by atoms with Crippen LogP contribution < -0.4 is 22.1 Å². The minimum absolute atomic E-state index is 0.286. The summed E-state index contributed by atoms with van der Waals surface area (Å²) in [6.07, 6.45) is 1.21. The first-order chi connectivity index (χ1) is 12.8. The molecular formula is C18H16FN5O3. The number of benzene rings is 2. The van der Waals surface area contributed by atoms with Gasteiger partial charge in [-0.3, -0.25) is 19.4 Å². The second-order valence-corrected chi connectivity index (χ2v) is 5.94. The van der Waals surface area contributed by atoms with Crippen LogP contribution >= 0.6 is 0 Å². The Morgan fingerprint density at radius 3 is 2.22 bits per heavy atom. The SMILES string of the molecule is NC(=O)C1N=CNC1(C(N)=O)c1ccc(NC(=O)c2ccc(F)cc2)cc1. The van der Waals surface area contributed by atoms with Crippen molar-refractivity contribution in [2.45, 2.75) is 11.6 Å². The number of carbonyl (C=O) groups excluding carboxylic acids is 3. The van der Waals surface area contributed by atoms with E-state index in [0.29, 0.717) is 11.3 Å². The van der Waals surface area contributed by atoms with Crippen molar-refractivity contribution >= 4 is 29.7 Å². The Hall–Kier alpha value is -3.75. The zero-order valence-corrected chi connectivity index (χ0v) is 14.0. The van der Waals surface area contributed by atoms with Crippen LogP contribution in [0.4, 0.5) is 10.1 Å². The smallest absolute Gasteiger partial charge is 0.255 e. The maximum absolute atomic E-state index is 12.9. The maximum Gasteiger partial charge on any atom is 0.255 e. The molecule has 27 heavy (non-hydrogen) atoms. The third-order valence-corrected chi connectivity index (χ3v) is 4.29. The fraction of sp³-hybridized carbons (Fsp3) is 0.111. The van der Waals surface area contributed by atoms with Gasteiger partial charge in [0.2, 0.25) is 5.91 Å². The molecule has 0 aliphatic carbocycles. The molecular weight excluding hydrogens is 353 g/mol. The van der Waals surface area contributed by atoms with Crippen LogP contribution in [0.5, 0.6) is 0 Å². The molecule has 0 fully saturated rings. The Morgan fingerprint density at radius 2 is 1.67 bits per heavy atom. The number of nitrogens with two attached hydrogens (primary N) is 2. The number of aliphatic imine (C=N–C) groups is 1. The number of nitrogens with zero attached hydrogens (tertiary/aromatic N) is 1. The van der Waals surface area contributed by atoms with Crippen molar-refractivity contribution in [3.63, 3.8) is 0 Å². The summed E-state index contributed by atoms with van der Waals surface area (Å²) < 4.78 is 12.9. The summed E-state index contributed by atoms with van der Waals surface area (Å²) in [5.74, 6) is -2.48. The van der Waals surface area contributed by atoms with Gasteiger partial charge in [0.15, 0.2) is 11.6 Å². The predicted octanol–water partition coefficient (Wildman–Crippen LogP) is 0.244. The van der Waals surface area contributed by atoms with Gasteiger partial charge in [0.1, 0.15) is 5.82 Å². The highest BCUT2D eigenvalue weighted by atomic mass is 19.1. The van der Waals surface area contributed by atoms with Crippen LogP contribution in [0.15, 0.2) is 53.5 Å². The molecule has 2 aromatic carbocycles. The summed E-state index contributed by atoms with van der Waals surface area (Å²) in [7, 11) is 0. The first kappa shape index (κ1) is 18.1. The summed E-state index contributed by atoms with van der Waals surface area (Å²) >= 11 is 0. The van der Waals surface area contributed by atoms with E-state index in [1.165, 1.54) is 42.7 Å². The fourth-order valence-electron chi connectivity index (χ4n) is 2.90. The third kappa shape index (κ3) is 3.22. The highest BCUT2D eigenvalue weighted by Gasteiger charge is 2.51. The number of halogens is 1. The van der Waals surface area contributed by atoms with Gasteiger partial charge in [-0.1, -0.05) is 12.1 Å². The zero-order chi connectivity index (χ0) is 19.6. The molecule has 2 aromatic rings. The summed E-state index contributed by atoms with van der Waals surface area (Å²) in [6, 6.07) is 10.0. The molecule has 1 aliphatic heterocycles. The molecule has 2 atom stereocenters. The highest BCUT2D eigenvalue weighted by molar-refractivity contribution is 6.04. The fourth-order valence-corrected chi connectivity index (χ4v) is 2.90. The van der Waals surface area contributed by atoms with Crippen molar-refractivity contribution in [2.75, 3.05) is 5.32 Å². The molecule has 0 spiro atoms. The molecule has 2 unspecified atom stereocenters. The van der Waals surface area contributed by atoms with Gasteiger partial charge in [-0.2, -0.15) is 0 Å². The lowest BCUT2D eigenvalue weighted by atomic mass is 9.82. The van der Waals surface area contributed by atoms with E-state index in [1.54, 1.807) is 12.1 Å². The molecule has 6 N–H and O–H groups in total. The molecule has 1 aliphatic rings. The van der Waals surface area contributed by atoms with Gasteiger partial charge in [-0.25, -0.2) is 4.39 Å². The largest absolute Gasteiger partial charge is 0.368 e. The second-order valence-electron chi connectivity index (χ2n) is 5.94. The standard InChI is InChI=1S/C18H16FN5O3/c19-12-5-1-10(2-6-12)16(26)24-13-7-3-11(4-8-13)18(17(21)27)14(15(20)25)22-9-23-18/h1-9,14H,(H2,20,25)(H2,21,27)(H,22,23)(H,24,26). The summed E-state index contributed by atoms with van der Waals surface area (Å²) in [5, 5.41) is 5.37. The van der Waals surface area contributed by atoms with E-state index in [4.69, 9.17) is 11.5 Å².